The zero-order valence-electron chi connectivity index (χ0n) is 9.86. The fourth-order valence-electron chi connectivity index (χ4n) is 1.56. The molecule has 0 aromatic carbocycles. The van der Waals surface area contributed by atoms with Crippen molar-refractivity contribution in [1.29, 1.82) is 0 Å². The molecule has 1 N–H and O–H groups in total. The van der Waals surface area contributed by atoms with Gasteiger partial charge < -0.3 is 9.67 Å². The first-order valence-electron chi connectivity index (χ1n) is 5.15. The summed E-state index contributed by atoms with van der Waals surface area (Å²) in [6, 6.07) is 2.86. The Bertz CT molecular complexity index is 658. The van der Waals surface area contributed by atoms with Gasteiger partial charge in [0.1, 0.15) is 5.56 Å². The summed E-state index contributed by atoms with van der Waals surface area (Å²) in [6.07, 6.45) is 0. The van der Waals surface area contributed by atoms with E-state index in [-0.39, 0.29) is 12.1 Å². The maximum Gasteiger partial charge on any atom is 0.341 e. The Labute approximate surface area is 101 Å². The first-order chi connectivity index (χ1) is 8.49. The number of aryl methyl sites for hydroxylation is 2. The van der Waals surface area contributed by atoms with Gasteiger partial charge in [0.05, 0.1) is 13.6 Å². The molecule has 0 radical (unpaired) electrons. The summed E-state index contributed by atoms with van der Waals surface area (Å²) in [6.45, 7) is 1.81. The van der Waals surface area contributed by atoms with E-state index in [0.717, 1.165) is 0 Å². The lowest BCUT2D eigenvalue weighted by Crippen LogP contribution is -2.28. The number of carbonyl (C=O) groups is 1. The Kier molecular flexibility index (Phi) is 2.92. The second kappa shape index (κ2) is 4.40. The highest BCUT2D eigenvalue weighted by Gasteiger charge is 2.13. The number of hydrogen-bond donors (Lipinski definition) is 1. The van der Waals surface area contributed by atoms with Gasteiger partial charge in [0.15, 0.2) is 5.82 Å². The highest BCUT2D eigenvalue weighted by molar-refractivity contribution is 5.87. The molecule has 8 heteroatoms. The van der Waals surface area contributed by atoms with Crippen LogP contribution in [0.25, 0.3) is 0 Å². The Balaban J connectivity index is 2.47. The van der Waals surface area contributed by atoms with Crippen molar-refractivity contribution >= 4 is 5.97 Å². The molecule has 0 aliphatic heterocycles. The molecular formula is C10H11N5O3. The van der Waals surface area contributed by atoms with Crippen molar-refractivity contribution in [3.8, 4) is 0 Å². The zero-order chi connectivity index (χ0) is 13.3. The molecule has 0 saturated heterocycles. The molecule has 0 fully saturated rings. The van der Waals surface area contributed by atoms with E-state index in [9.17, 15) is 9.59 Å². The molecule has 2 aromatic heterocycles. The summed E-state index contributed by atoms with van der Waals surface area (Å²) in [5.41, 5.74) is -0.211. The Morgan fingerprint density at radius 3 is 2.72 bits per heavy atom. The van der Waals surface area contributed by atoms with Crippen molar-refractivity contribution in [3.63, 3.8) is 0 Å². The molecule has 0 bridgehead atoms. The van der Waals surface area contributed by atoms with E-state index in [1.165, 1.54) is 15.4 Å². The normalized spacial score (nSPS) is 10.6. The van der Waals surface area contributed by atoms with Crippen LogP contribution in [0.2, 0.25) is 0 Å². The summed E-state index contributed by atoms with van der Waals surface area (Å²) in [5.74, 6) is -0.897. The average molecular weight is 249 g/mol. The number of hydrogen-bond acceptors (Lipinski definition) is 5. The predicted molar refractivity (Wildman–Crippen MR) is 60.3 cm³/mol. The van der Waals surface area contributed by atoms with Crippen molar-refractivity contribution in [2.75, 3.05) is 0 Å². The Morgan fingerprint density at radius 1 is 1.44 bits per heavy atom. The van der Waals surface area contributed by atoms with Crippen LogP contribution >= 0.6 is 0 Å². The van der Waals surface area contributed by atoms with Crippen LogP contribution in [0.5, 0.6) is 0 Å². The van der Waals surface area contributed by atoms with E-state index in [2.05, 4.69) is 15.4 Å². The van der Waals surface area contributed by atoms with Crippen LogP contribution in [0.15, 0.2) is 16.9 Å². The van der Waals surface area contributed by atoms with E-state index in [0.29, 0.717) is 11.5 Å². The molecule has 94 valence electrons. The fourth-order valence-corrected chi connectivity index (χ4v) is 1.56. The molecule has 0 spiro atoms. The van der Waals surface area contributed by atoms with Crippen molar-refractivity contribution in [2.24, 2.45) is 7.05 Å². The number of rotatable bonds is 3. The van der Waals surface area contributed by atoms with Gasteiger partial charge in [0, 0.05) is 5.69 Å². The molecule has 2 aromatic rings. The molecule has 0 unspecified atom stereocenters. The first-order valence-corrected chi connectivity index (χ1v) is 5.15. The molecule has 0 aliphatic rings. The smallest absolute Gasteiger partial charge is 0.341 e. The van der Waals surface area contributed by atoms with Crippen LogP contribution in [-0.4, -0.2) is 35.9 Å². The molecule has 2 heterocycles. The minimum absolute atomic E-state index is 0.0969. The van der Waals surface area contributed by atoms with Gasteiger partial charge in [-0.25, -0.2) is 4.79 Å². The number of aromatic carboxylic acids is 1. The molecule has 18 heavy (non-hydrogen) atoms. The van der Waals surface area contributed by atoms with E-state index in [4.69, 9.17) is 5.11 Å². The van der Waals surface area contributed by atoms with Gasteiger partial charge in [-0.05, 0) is 24.3 Å². The van der Waals surface area contributed by atoms with Crippen LogP contribution in [0.4, 0.5) is 0 Å². The Hall–Kier alpha value is -2.51. The lowest BCUT2D eigenvalue weighted by molar-refractivity contribution is 0.0694. The van der Waals surface area contributed by atoms with Crippen LogP contribution in [-0.2, 0) is 13.6 Å². The third-order valence-electron chi connectivity index (χ3n) is 2.47. The maximum absolute atomic E-state index is 11.9. The quantitative estimate of drug-likeness (QED) is 0.781. The van der Waals surface area contributed by atoms with Crippen molar-refractivity contribution in [1.82, 2.24) is 24.8 Å². The predicted octanol–water partition coefficient (Wildman–Crippen LogP) is -0.573. The van der Waals surface area contributed by atoms with E-state index in [1.54, 1.807) is 20.0 Å². The highest BCUT2D eigenvalue weighted by atomic mass is 16.4. The number of carboxylic acids is 1. The number of tetrazole rings is 1. The van der Waals surface area contributed by atoms with Gasteiger partial charge in [-0.3, -0.25) is 4.79 Å². The van der Waals surface area contributed by atoms with Crippen molar-refractivity contribution in [2.45, 2.75) is 13.5 Å². The second-order valence-electron chi connectivity index (χ2n) is 3.78. The zero-order valence-corrected chi connectivity index (χ0v) is 9.86. The minimum atomic E-state index is -1.25. The average Bonchev–Trinajstić information content (AvgIpc) is 2.69. The molecule has 0 atom stereocenters. The van der Waals surface area contributed by atoms with E-state index < -0.39 is 11.5 Å². The number of nitrogens with zero attached hydrogens (tertiary/aromatic N) is 5. The van der Waals surface area contributed by atoms with Crippen LogP contribution in [0.3, 0.4) is 0 Å². The third kappa shape index (κ3) is 2.12. The summed E-state index contributed by atoms with van der Waals surface area (Å²) in [4.78, 5) is 24.1. The molecular weight excluding hydrogens is 238 g/mol. The second-order valence-corrected chi connectivity index (χ2v) is 3.78. The van der Waals surface area contributed by atoms with Gasteiger partial charge >= 0.3 is 5.97 Å². The number of aromatic nitrogens is 5. The highest BCUT2D eigenvalue weighted by Crippen LogP contribution is 2.01. The molecule has 2 rings (SSSR count). The van der Waals surface area contributed by atoms with Gasteiger partial charge in [-0.15, -0.1) is 10.2 Å². The maximum atomic E-state index is 11.9. The summed E-state index contributed by atoms with van der Waals surface area (Å²) >= 11 is 0. The first kappa shape index (κ1) is 12.0. The topological polar surface area (TPSA) is 103 Å². The number of pyridine rings is 1. The molecule has 0 saturated carbocycles. The lowest BCUT2D eigenvalue weighted by atomic mass is 10.2. The van der Waals surface area contributed by atoms with Gasteiger partial charge in [0.25, 0.3) is 5.56 Å². The summed E-state index contributed by atoms with van der Waals surface area (Å²) < 4.78 is 1.31. The standard InChI is InChI=1S/C10H11N5O3/c1-6-3-4-7(10(17)18)9(16)15(6)5-8-11-13-14(2)12-8/h3-4H,5H2,1-2H3,(H,17,18). The Morgan fingerprint density at radius 2 is 2.17 bits per heavy atom. The van der Waals surface area contributed by atoms with E-state index >= 15 is 0 Å². The van der Waals surface area contributed by atoms with Gasteiger partial charge in [-0.2, -0.15) is 4.80 Å². The van der Waals surface area contributed by atoms with Crippen LogP contribution in [0.1, 0.15) is 21.9 Å². The number of carboxylic acid groups (broad SMARTS) is 1. The lowest BCUT2D eigenvalue weighted by Gasteiger charge is -2.07. The summed E-state index contributed by atoms with van der Waals surface area (Å²) in [7, 11) is 1.61. The molecule has 0 amide bonds. The van der Waals surface area contributed by atoms with Crippen LogP contribution in [0, 0.1) is 6.92 Å². The third-order valence-corrected chi connectivity index (χ3v) is 2.47. The SMILES string of the molecule is Cc1ccc(C(=O)O)c(=O)n1Cc1nnn(C)n1. The van der Waals surface area contributed by atoms with Gasteiger partial charge in [0.2, 0.25) is 0 Å². The molecule has 0 aliphatic carbocycles. The van der Waals surface area contributed by atoms with Crippen molar-refractivity contribution in [3.05, 3.63) is 39.6 Å². The van der Waals surface area contributed by atoms with Crippen molar-refractivity contribution < 1.29 is 9.90 Å². The molecule has 8 nitrogen and oxygen atoms in total. The van der Waals surface area contributed by atoms with Crippen LogP contribution < -0.4 is 5.56 Å². The monoisotopic (exact) mass is 249 g/mol. The van der Waals surface area contributed by atoms with Gasteiger partial charge in [-0.1, -0.05) is 0 Å². The largest absolute Gasteiger partial charge is 0.477 e. The minimum Gasteiger partial charge on any atom is -0.477 e. The fraction of sp³-hybridized carbons (Fsp3) is 0.300. The van der Waals surface area contributed by atoms with E-state index in [1.807, 2.05) is 0 Å². The summed E-state index contributed by atoms with van der Waals surface area (Å²) in [5, 5.41) is 20.3.